The number of para-hydroxylation sites is 1. The molecule has 0 fully saturated rings. The van der Waals surface area contributed by atoms with E-state index in [9.17, 15) is 0 Å². The Morgan fingerprint density at radius 1 is 1.31 bits per heavy atom. The molecule has 2 rings (SSSR count). The smallest absolute Gasteiger partial charge is 0.124 e. The van der Waals surface area contributed by atoms with Crippen LogP contribution < -0.4 is 5.73 Å². The quantitative estimate of drug-likeness (QED) is 0.795. The summed E-state index contributed by atoms with van der Waals surface area (Å²) >= 11 is 4.96. The molecule has 66 valence electrons. The largest absolute Gasteiger partial charge is 0.398 e. The van der Waals surface area contributed by atoms with Gasteiger partial charge in [0.1, 0.15) is 4.60 Å². The lowest BCUT2D eigenvalue weighted by molar-refractivity contribution is 1.37. The molecule has 4 heteroatoms. The third-order valence-electron chi connectivity index (χ3n) is 1.73. The van der Waals surface area contributed by atoms with Gasteiger partial charge in [-0.05, 0) is 22.0 Å². The first-order chi connectivity index (χ1) is 6.29. The highest BCUT2D eigenvalue weighted by Crippen LogP contribution is 2.34. The molecule has 0 radical (unpaired) electrons. The Morgan fingerprint density at radius 2 is 2.08 bits per heavy atom. The van der Waals surface area contributed by atoms with Gasteiger partial charge in [-0.3, -0.25) is 0 Å². The SMILES string of the molecule is Nc1ccccc1-c1scnc1Br. The molecule has 2 N–H and O–H groups in total. The van der Waals surface area contributed by atoms with Gasteiger partial charge in [0.2, 0.25) is 0 Å². The van der Waals surface area contributed by atoms with Gasteiger partial charge in [-0.1, -0.05) is 18.2 Å². The first kappa shape index (κ1) is 8.72. The fraction of sp³-hybridized carbons (Fsp3) is 0. The van der Waals surface area contributed by atoms with Crippen molar-refractivity contribution in [1.29, 1.82) is 0 Å². The average molecular weight is 255 g/mol. The molecule has 13 heavy (non-hydrogen) atoms. The topological polar surface area (TPSA) is 38.9 Å². The predicted molar refractivity (Wildman–Crippen MR) is 59.7 cm³/mol. The van der Waals surface area contributed by atoms with E-state index in [4.69, 9.17) is 5.73 Å². The number of nitrogens with two attached hydrogens (primary N) is 1. The molecule has 0 aliphatic rings. The van der Waals surface area contributed by atoms with Gasteiger partial charge >= 0.3 is 0 Å². The van der Waals surface area contributed by atoms with E-state index in [1.165, 1.54) is 0 Å². The standard InChI is InChI=1S/C9H7BrN2S/c10-9-8(13-5-12-9)6-3-1-2-4-7(6)11/h1-5H,11H2. The van der Waals surface area contributed by atoms with Crippen molar-refractivity contribution in [3.63, 3.8) is 0 Å². The van der Waals surface area contributed by atoms with Crippen LogP contribution >= 0.6 is 27.3 Å². The minimum absolute atomic E-state index is 0.785. The zero-order valence-electron chi connectivity index (χ0n) is 6.70. The number of aromatic nitrogens is 1. The van der Waals surface area contributed by atoms with Crippen LogP contribution in [-0.4, -0.2) is 4.98 Å². The van der Waals surface area contributed by atoms with Gasteiger partial charge in [-0.25, -0.2) is 4.98 Å². The van der Waals surface area contributed by atoms with Crippen LogP contribution in [0.2, 0.25) is 0 Å². The van der Waals surface area contributed by atoms with Crippen LogP contribution in [0.5, 0.6) is 0 Å². The van der Waals surface area contributed by atoms with Crippen LogP contribution in [0.15, 0.2) is 34.4 Å². The van der Waals surface area contributed by atoms with E-state index in [0.29, 0.717) is 0 Å². The van der Waals surface area contributed by atoms with Gasteiger partial charge < -0.3 is 5.73 Å². The molecule has 1 aromatic carbocycles. The number of nitrogen functional groups attached to an aromatic ring is 1. The molecule has 0 atom stereocenters. The monoisotopic (exact) mass is 254 g/mol. The number of hydrogen-bond acceptors (Lipinski definition) is 3. The van der Waals surface area contributed by atoms with Crippen molar-refractivity contribution in [1.82, 2.24) is 4.98 Å². The molecule has 0 aliphatic heterocycles. The molecule has 0 bridgehead atoms. The molecule has 0 saturated carbocycles. The minimum atomic E-state index is 0.785. The average Bonchev–Trinajstić information content (AvgIpc) is 2.52. The minimum Gasteiger partial charge on any atom is -0.398 e. The molecule has 1 heterocycles. The summed E-state index contributed by atoms with van der Waals surface area (Å²) in [7, 11) is 0. The highest BCUT2D eigenvalue weighted by atomic mass is 79.9. The Kier molecular flexibility index (Phi) is 2.33. The summed E-state index contributed by atoms with van der Waals surface area (Å²) in [6.07, 6.45) is 0. The summed E-state index contributed by atoms with van der Waals surface area (Å²) in [5.41, 5.74) is 9.46. The van der Waals surface area contributed by atoms with Gasteiger partial charge in [0.25, 0.3) is 0 Å². The molecule has 0 aliphatic carbocycles. The summed E-state index contributed by atoms with van der Waals surface area (Å²) in [6.45, 7) is 0. The molecule has 0 saturated heterocycles. The van der Waals surface area contributed by atoms with E-state index in [1.54, 1.807) is 16.8 Å². The summed E-state index contributed by atoms with van der Waals surface area (Å²) in [4.78, 5) is 5.20. The van der Waals surface area contributed by atoms with Crippen molar-refractivity contribution in [2.45, 2.75) is 0 Å². The van der Waals surface area contributed by atoms with Crippen molar-refractivity contribution in [3.8, 4) is 10.4 Å². The van der Waals surface area contributed by atoms with Crippen molar-refractivity contribution >= 4 is 33.0 Å². The van der Waals surface area contributed by atoms with Crippen LogP contribution in [0.4, 0.5) is 5.69 Å². The lowest BCUT2D eigenvalue weighted by Crippen LogP contribution is -1.87. The second kappa shape index (κ2) is 3.47. The number of anilines is 1. The maximum atomic E-state index is 5.84. The summed E-state index contributed by atoms with van der Waals surface area (Å²) in [5, 5.41) is 0. The van der Waals surface area contributed by atoms with Crippen molar-refractivity contribution in [3.05, 3.63) is 34.4 Å². The molecule has 2 nitrogen and oxygen atoms in total. The predicted octanol–water partition coefficient (Wildman–Crippen LogP) is 3.15. The Morgan fingerprint density at radius 3 is 2.69 bits per heavy atom. The van der Waals surface area contributed by atoms with E-state index < -0.39 is 0 Å². The first-order valence-corrected chi connectivity index (χ1v) is 5.40. The molecular weight excluding hydrogens is 248 g/mol. The second-order valence-corrected chi connectivity index (χ2v) is 4.17. The maximum absolute atomic E-state index is 5.84. The third-order valence-corrected chi connectivity index (χ3v) is 3.45. The van der Waals surface area contributed by atoms with E-state index in [0.717, 1.165) is 20.7 Å². The van der Waals surface area contributed by atoms with Crippen molar-refractivity contribution in [2.24, 2.45) is 0 Å². The molecule has 2 aromatic rings. The Labute approximate surface area is 88.6 Å². The van der Waals surface area contributed by atoms with E-state index in [1.807, 2.05) is 24.3 Å². The number of thiazole rings is 1. The highest BCUT2D eigenvalue weighted by Gasteiger charge is 2.07. The van der Waals surface area contributed by atoms with Gasteiger partial charge in [0.05, 0.1) is 10.4 Å². The zero-order chi connectivity index (χ0) is 9.26. The van der Waals surface area contributed by atoms with E-state index in [-0.39, 0.29) is 0 Å². The highest BCUT2D eigenvalue weighted by molar-refractivity contribution is 9.10. The normalized spacial score (nSPS) is 10.2. The molecular formula is C9H7BrN2S. The Hall–Kier alpha value is -0.870. The second-order valence-electron chi connectivity index (χ2n) is 2.56. The fourth-order valence-corrected chi connectivity index (χ4v) is 2.57. The molecule has 0 spiro atoms. The number of halogens is 1. The van der Waals surface area contributed by atoms with Crippen LogP contribution in [0.1, 0.15) is 0 Å². The molecule has 0 amide bonds. The number of benzene rings is 1. The number of rotatable bonds is 1. The Bertz CT molecular complexity index is 425. The van der Waals surface area contributed by atoms with Crippen LogP contribution in [0, 0.1) is 0 Å². The van der Waals surface area contributed by atoms with Gasteiger partial charge in [-0.2, -0.15) is 0 Å². The summed E-state index contributed by atoms with van der Waals surface area (Å²) < 4.78 is 0.857. The van der Waals surface area contributed by atoms with Crippen molar-refractivity contribution < 1.29 is 0 Å². The van der Waals surface area contributed by atoms with Gasteiger partial charge in [0.15, 0.2) is 0 Å². The fourth-order valence-electron chi connectivity index (χ4n) is 1.11. The molecule has 0 unspecified atom stereocenters. The van der Waals surface area contributed by atoms with Crippen LogP contribution in [0.25, 0.3) is 10.4 Å². The Balaban J connectivity index is 2.59. The maximum Gasteiger partial charge on any atom is 0.124 e. The first-order valence-electron chi connectivity index (χ1n) is 3.73. The van der Waals surface area contributed by atoms with E-state index in [2.05, 4.69) is 20.9 Å². The lowest BCUT2D eigenvalue weighted by Gasteiger charge is -2.01. The van der Waals surface area contributed by atoms with Crippen molar-refractivity contribution in [2.75, 3.05) is 5.73 Å². The lowest BCUT2D eigenvalue weighted by atomic mass is 10.1. The third kappa shape index (κ3) is 1.59. The number of hydrogen-bond donors (Lipinski definition) is 1. The van der Waals surface area contributed by atoms with E-state index >= 15 is 0 Å². The summed E-state index contributed by atoms with van der Waals surface area (Å²) in [5.74, 6) is 0. The molecule has 1 aromatic heterocycles. The zero-order valence-corrected chi connectivity index (χ0v) is 9.10. The summed E-state index contributed by atoms with van der Waals surface area (Å²) in [6, 6.07) is 7.78. The van der Waals surface area contributed by atoms with Gasteiger partial charge in [-0.15, -0.1) is 11.3 Å². The number of nitrogens with zero attached hydrogens (tertiary/aromatic N) is 1. The van der Waals surface area contributed by atoms with Crippen LogP contribution in [0.3, 0.4) is 0 Å². The van der Waals surface area contributed by atoms with Crippen LogP contribution in [-0.2, 0) is 0 Å². The van der Waals surface area contributed by atoms with Gasteiger partial charge in [0, 0.05) is 11.3 Å².